The van der Waals surface area contributed by atoms with E-state index in [1.165, 1.54) is 6.07 Å². The van der Waals surface area contributed by atoms with Crippen LogP contribution < -0.4 is 4.74 Å². The summed E-state index contributed by atoms with van der Waals surface area (Å²) >= 11 is 0. The Kier molecular flexibility index (Phi) is 4.18. The Morgan fingerprint density at radius 2 is 1.83 bits per heavy atom. The summed E-state index contributed by atoms with van der Waals surface area (Å²) in [7, 11) is 0. The van der Waals surface area contributed by atoms with Gasteiger partial charge in [-0.15, -0.1) is 0 Å². The molecule has 5 nitrogen and oxygen atoms in total. The van der Waals surface area contributed by atoms with E-state index in [9.17, 15) is 14.7 Å². The van der Waals surface area contributed by atoms with Crippen LogP contribution in [0.1, 0.15) is 18.1 Å². The Morgan fingerprint density at radius 1 is 1.17 bits per heavy atom. The van der Waals surface area contributed by atoms with E-state index in [4.69, 9.17) is 9.47 Å². The average Bonchev–Trinajstić information content (AvgIpc) is 2.62. The number of aldehydes is 1. The molecule has 1 atom stereocenters. The van der Waals surface area contributed by atoms with E-state index in [1.54, 1.807) is 49.4 Å². The number of carbonyl (C=O) groups excluding carboxylic acids is 2. The molecular formula is C19H16O5. The van der Waals surface area contributed by atoms with Gasteiger partial charge >= 0.3 is 5.97 Å². The van der Waals surface area contributed by atoms with Gasteiger partial charge in [-0.3, -0.25) is 4.79 Å². The summed E-state index contributed by atoms with van der Waals surface area (Å²) in [6.07, 6.45) is 0.440. The third-order valence-electron chi connectivity index (χ3n) is 3.85. The predicted octanol–water partition coefficient (Wildman–Crippen LogP) is 2.44. The van der Waals surface area contributed by atoms with Gasteiger partial charge in [0.05, 0.1) is 12.2 Å². The molecule has 0 unspecified atom stereocenters. The van der Waals surface area contributed by atoms with E-state index in [2.05, 4.69) is 0 Å². The number of aliphatic hydroxyl groups is 1. The number of fused-ring (bicyclic) bond motifs is 1. The first-order valence-electron chi connectivity index (χ1n) is 7.55. The Labute approximate surface area is 139 Å². The normalized spacial score (nSPS) is 19.2. The van der Waals surface area contributed by atoms with Gasteiger partial charge in [0.1, 0.15) is 11.5 Å². The first kappa shape index (κ1) is 16.0. The minimum atomic E-state index is -2.21. The number of esters is 1. The van der Waals surface area contributed by atoms with Crippen LogP contribution in [0, 0.1) is 0 Å². The molecule has 2 aromatic rings. The summed E-state index contributed by atoms with van der Waals surface area (Å²) in [6.45, 7) is 1.71. The Balaban J connectivity index is 2.28. The highest BCUT2D eigenvalue weighted by Gasteiger charge is 2.50. The maximum atomic E-state index is 12.5. The minimum absolute atomic E-state index is 0.0803. The van der Waals surface area contributed by atoms with Gasteiger partial charge < -0.3 is 14.6 Å². The number of benzene rings is 2. The lowest BCUT2D eigenvalue weighted by Crippen LogP contribution is -2.43. The highest BCUT2D eigenvalue weighted by molar-refractivity contribution is 6.01. The molecule has 5 heteroatoms. The molecule has 122 valence electrons. The van der Waals surface area contributed by atoms with Crippen molar-refractivity contribution in [2.75, 3.05) is 6.61 Å². The van der Waals surface area contributed by atoms with Gasteiger partial charge in [0.25, 0.3) is 0 Å². The van der Waals surface area contributed by atoms with Gasteiger partial charge in [-0.2, -0.15) is 0 Å². The van der Waals surface area contributed by atoms with Crippen LogP contribution in [-0.4, -0.2) is 24.0 Å². The standard InChI is InChI=1S/C19H16O5/c1-2-23-18(21)19(22)14-10-6-7-11-16(14)24-17(15(19)12-20)13-8-4-3-5-9-13/h3-12,22H,2H2,1H3/t19-/m1/s1. The van der Waals surface area contributed by atoms with Crippen molar-refractivity contribution in [2.24, 2.45) is 0 Å². The van der Waals surface area contributed by atoms with Crippen molar-refractivity contribution in [3.05, 3.63) is 71.3 Å². The molecule has 0 aromatic heterocycles. The van der Waals surface area contributed by atoms with Gasteiger partial charge in [-0.05, 0) is 13.0 Å². The molecule has 0 saturated heterocycles. The zero-order chi connectivity index (χ0) is 17.2. The fraction of sp³-hybridized carbons (Fsp3) is 0.158. The van der Waals surface area contributed by atoms with E-state index in [0.29, 0.717) is 17.6 Å². The number of ether oxygens (including phenoxy) is 2. The van der Waals surface area contributed by atoms with Gasteiger partial charge in [0.2, 0.25) is 5.60 Å². The number of hydrogen-bond donors (Lipinski definition) is 1. The molecule has 1 aliphatic rings. The van der Waals surface area contributed by atoms with Crippen molar-refractivity contribution in [3.8, 4) is 5.75 Å². The highest BCUT2D eigenvalue weighted by Crippen LogP contribution is 2.44. The maximum Gasteiger partial charge on any atom is 0.348 e. The van der Waals surface area contributed by atoms with E-state index >= 15 is 0 Å². The molecule has 1 N–H and O–H groups in total. The Hall–Kier alpha value is -2.92. The van der Waals surface area contributed by atoms with Crippen molar-refractivity contribution in [1.82, 2.24) is 0 Å². The lowest BCUT2D eigenvalue weighted by Gasteiger charge is -2.33. The van der Waals surface area contributed by atoms with Gasteiger partial charge in [0.15, 0.2) is 6.29 Å². The lowest BCUT2D eigenvalue weighted by atomic mass is 9.82. The molecule has 0 bridgehead atoms. The molecule has 0 amide bonds. The maximum absolute atomic E-state index is 12.5. The Morgan fingerprint density at radius 3 is 2.50 bits per heavy atom. The molecular weight excluding hydrogens is 308 g/mol. The van der Waals surface area contributed by atoms with Gasteiger partial charge in [-0.25, -0.2) is 4.79 Å². The zero-order valence-electron chi connectivity index (χ0n) is 13.1. The van der Waals surface area contributed by atoms with Crippen LogP contribution >= 0.6 is 0 Å². The fourth-order valence-corrected chi connectivity index (χ4v) is 2.73. The topological polar surface area (TPSA) is 72.8 Å². The van der Waals surface area contributed by atoms with Crippen molar-refractivity contribution in [1.29, 1.82) is 0 Å². The Bertz CT molecular complexity index is 810. The molecule has 0 saturated carbocycles. The fourth-order valence-electron chi connectivity index (χ4n) is 2.73. The average molecular weight is 324 g/mol. The second kappa shape index (κ2) is 6.29. The SMILES string of the molecule is CCOC(=O)[C@]1(O)C(C=O)=C(c2ccccc2)Oc2ccccc21. The zero-order valence-corrected chi connectivity index (χ0v) is 13.1. The van der Waals surface area contributed by atoms with Crippen LogP contribution in [0.4, 0.5) is 0 Å². The summed E-state index contributed by atoms with van der Waals surface area (Å²) in [6, 6.07) is 15.4. The molecule has 0 spiro atoms. The van der Waals surface area contributed by atoms with Crippen LogP contribution in [0.25, 0.3) is 5.76 Å². The van der Waals surface area contributed by atoms with Gasteiger partial charge in [-0.1, -0.05) is 48.5 Å². The minimum Gasteiger partial charge on any atom is -0.463 e. The summed E-state index contributed by atoms with van der Waals surface area (Å²) in [5, 5.41) is 11.2. The number of carbonyl (C=O) groups is 2. The van der Waals surface area contributed by atoms with E-state index in [0.717, 1.165) is 0 Å². The molecule has 0 aliphatic carbocycles. The van der Waals surface area contributed by atoms with Crippen LogP contribution in [-0.2, 0) is 19.9 Å². The molecule has 1 heterocycles. The van der Waals surface area contributed by atoms with Crippen LogP contribution in [0.15, 0.2) is 60.2 Å². The van der Waals surface area contributed by atoms with Crippen molar-refractivity contribution in [3.63, 3.8) is 0 Å². The van der Waals surface area contributed by atoms with Crippen LogP contribution in [0.5, 0.6) is 5.75 Å². The third kappa shape index (κ3) is 2.39. The summed E-state index contributed by atoms with van der Waals surface area (Å²) < 4.78 is 10.8. The summed E-state index contributed by atoms with van der Waals surface area (Å²) in [5.41, 5.74) is -1.62. The highest BCUT2D eigenvalue weighted by atomic mass is 16.6. The van der Waals surface area contributed by atoms with Crippen molar-refractivity contribution >= 4 is 18.0 Å². The lowest BCUT2D eigenvalue weighted by molar-refractivity contribution is -0.163. The number of rotatable bonds is 4. The van der Waals surface area contributed by atoms with Gasteiger partial charge in [0, 0.05) is 11.1 Å². The largest absolute Gasteiger partial charge is 0.463 e. The molecule has 0 fully saturated rings. The first-order valence-corrected chi connectivity index (χ1v) is 7.55. The molecule has 2 aromatic carbocycles. The quantitative estimate of drug-likeness (QED) is 0.691. The molecule has 24 heavy (non-hydrogen) atoms. The smallest absolute Gasteiger partial charge is 0.348 e. The van der Waals surface area contributed by atoms with Crippen molar-refractivity contribution in [2.45, 2.75) is 12.5 Å². The molecule has 1 aliphatic heterocycles. The van der Waals surface area contributed by atoms with E-state index < -0.39 is 11.6 Å². The van der Waals surface area contributed by atoms with Crippen LogP contribution in [0.2, 0.25) is 0 Å². The number of hydrogen-bond acceptors (Lipinski definition) is 5. The van der Waals surface area contributed by atoms with E-state index in [1.807, 2.05) is 6.07 Å². The second-order valence-corrected chi connectivity index (χ2v) is 5.26. The predicted molar refractivity (Wildman–Crippen MR) is 87.0 cm³/mol. The first-order chi connectivity index (χ1) is 11.6. The van der Waals surface area contributed by atoms with E-state index in [-0.39, 0.29) is 23.5 Å². The van der Waals surface area contributed by atoms with Crippen LogP contribution in [0.3, 0.4) is 0 Å². The monoisotopic (exact) mass is 324 g/mol. The molecule has 0 radical (unpaired) electrons. The summed E-state index contributed by atoms with van der Waals surface area (Å²) in [4.78, 5) is 24.3. The number of para-hydroxylation sites is 1. The second-order valence-electron chi connectivity index (χ2n) is 5.26. The molecule has 3 rings (SSSR count). The summed E-state index contributed by atoms with van der Waals surface area (Å²) in [5.74, 6) is -0.464. The van der Waals surface area contributed by atoms with Crippen molar-refractivity contribution < 1.29 is 24.2 Å². The third-order valence-corrected chi connectivity index (χ3v) is 3.85.